The molecule has 1 atom stereocenters. The van der Waals surface area contributed by atoms with Gasteiger partial charge in [0, 0.05) is 28.1 Å². The zero-order valence-corrected chi connectivity index (χ0v) is 15.4. The van der Waals surface area contributed by atoms with Crippen molar-refractivity contribution in [2.45, 2.75) is 32.9 Å². The SMILES string of the molecule is CC(C)CC(CNCc1ccc(Br)c(Br)c1)N(C)C. The quantitative estimate of drug-likeness (QED) is 0.746. The third kappa shape index (κ3) is 6.39. The first kappa shape index (κ1) is 17.2. The summed E-state index contributed by atoms with van der Waals surface area (Å²) >= 11 is 7.03. The lowest BCUT2D eigenvalue weighted by Gasteiger charge is -2.26. The van der Waals surface area contributed by atoms with Crippen LogP contribution < -0.4 is 5.32 Å². The number of likely N-dealkylation sites (N-methyl/N-ethyl adjacent to an activating group) is 1. The zero-order chi connectivity index (χ0) is 14.4. The Hall–Kier alpha value is 0.1000. The topological polar surface area (TPSA) is 15.3 Å². The second-order valence-corrected chi connectivity index (χ2v) is 7.34. The fourth-order valence-corrected chi connectivity index (χ4v) is 2.73. The smallest absolute Gasteiger partial charge is 0.0320 e. The fourth-order valence-electron chi connectivity index (χ4n) is 2.05. The lowest BCUT2D eigenvalue weighted by molar-refractivity contribution is 0.246. The van der Waals surface area contributed by atoms with Gasteiger partial charge < -0.3 is 10.2 Å². The van der Waals surface area contributed by atoms with Crippen LogP contribution >= 0.6 is 31.9 Å². The van der Waals surface area contributed by atoms with Crippen LogP contribution in [0.1, 0.15) is 25.8 Å². The van der Waals surface area contributed by atoms with Gasteiger partial charge in [0.05, 0.1) is 0 Å². The molecular formula is C15H24Br2N2. The van der Waals surface area contributed by atoms with Gasteiger partial charge in [0.15, 0.2) is 0 Å². The molecule has 0 aliphatic heterocycles. The summed E-state index contributed by atoms with van der Waals surface area (Å²) in [5.74, 6) is 0.732. The van der Waals surface area contributed by atoms with E-state index in [2.05, 4.69) is 88.2 Å². The molecule has 0 amide bonds. The second-order valence-electron chi connectivity index (χ2n) is 5.63. The van der Waals surface area contributed by atoms with Gasteiger partial charge in [-0.05, 0) is 76.0 Å². The molecule has 0 aliphatic carbocycles. The van der Waals surface area contributed by atoms with E-state index in [9.17, 15) is 0 Å². The Kier molecular flexibility index (Phi) is 7.58. The summed E-state index contributed by atoms with van der Waals surface area (Å²) in [6, 6.07) is 6.98. The van der Waals surface area contributed by atoms with E-state index in [1.54, 1.807) is 0 Å². The summed E-state index contributed by atoms with van der Waals surface area (Å²) in [4.78, 5) is 2.31. The van der Waals surface area contributed by atoms with Crippen LogP contribution in [0.15, 0.2) is 27.1 Å². The van der Waals surface area contributed by atoms with Gasteiger partial charge in [0.1, 0.15) is 0 Å². The molecule has 2 nitrogen and oxygen atoms in total. The molecule has 0 radical (unpaired) electrons. The molecule has 0 bridgehead atoms. The van der Waals surface area contributed by atoms with Crippen molar-refractivity contribution in [3.05, 3.63) is 32.7 Å². The molecule has 1 rings (SSSR count). The van der Waals surface area contributed by atoms with Crippen molar-refractivity contribution in [2.24, 2.45) is 5.92 Å². The maximum Gasteiger partial charge on any atom is 0.0320 e. The molecule has 0 aliphatic rings. The van der Waals surface area contributed by atoms with E-state index in [0.29, 0.717) is 6.04 Å². The predicted octanol–water partition coefficient (Wildman–Crippen LogP) is 4.28. The predicted molar refractivity (Wildman–Crippen MR) is 90.5 cm³/mol. The van der Waals surface area contributed by atoms with Crippen molar-refractivity contribution in [1.82, 2.24) is 10.2 Å². The van der Waals surface area contributed by atoms with Crippen molar-refractivity contribution >= 4 is 31.9 Å². The first-order chi connectivity index (χ1) is 8.90. The van der Waals surface area contributed by atoms with E-state index in [1.165, 1.54) is 12.0 Å². The lowest BCUT2D eigenvalue weighted by atomic mass is 10.0. The summed E-state index contributed by atoms with van der Waals surface area (Å²) in [5.41, 5.74) is 1.30. The number of nitrogens with zero attached hydrogens (tertiary/aromatic N) is 1. The molecule has 0 fully saturated rings. The Bertz CT molecular complexity index is 392. The second kappa shape index (κ2) is 8.40. The highest BCUT2D eigenvalue weighted by molar-refractivity contribution is 9.13. The van der Waals surface area contributed by atoms with Crippen LogP contribution in [0.2, 0.25) is 0 Å². The zero-order valence-electron chi connectivity index (χ0n) is 12.2. The van der Waals surface area contributed by atoms with E-state index in [1.807, 2.05) is 0 Å². The highest BCUT2D eigenvalue weighted by Gasteiger charge is 2.12. The van der Waals surface area contributed by atoms with Crippen molar-refractivity contribution in [3.8, 4) is 0 Å². The molecule has 0 saturated heterocycles. The summed E-state index contributed by atoms with van der Waals surface area (Å²) in [7, 11) is 4.32. The molecular weight excluding hydrogens is 368 g/mol. The molecule has 1 aromatic rings. The Labute approximate surface area is 134 Å². The first-order valence-corrected chi connectivity index (χ1v) is 8.29. The maximum absolute atomic E-state index is 3.56. The van der Waals surface area contributed by atoms with Crippen LogP contribution in [0.4, 0.5) is 0 Å². The van der Waals surface area contributed by atoms with E-state index >= 15 is 0 Å². The van der Waals surface area contributed by atoms with Crippen molar-refractivity contribution < 1.29 is 0 Å². The monoisotopic (exact) mass is 390 g/mol. The van der Waals surface area contributed by atoms with Gasteiger partial charge in [-0.15, -0.1) is 0 Å². The Balaban J connectivity index is 2.45. The van der Waals surface area contributed by atoms with Gasteiger partial charge >= 0.3 is 0 Å². The highest BCUT2D eigenvalue weighted by Crippen LogP contribution is 2.23. The standard InChI is InChI=1S/C15H24Br2N2/c1-11(2)7-13(19(3)4)10-18-9-12-5-6-14(16)15(17)8-12/h5-6,8,11,13,18H,7,9-10H2,1-4H3. The van der Waals surface area contributed by atoms with E-state index in [4.69, 9.17) is 0 Å². The largest absolute Gasteiger partial charge is 0.311 e. The number of nitrogens with one attached hydrogen (secondary N) is 1. The fraction of sp³-hybridized carbons (Fsp3) is 0.600. The molecule has 108 valence electrons. The Morgan fingerprint density at radius 1 is 1.16 bits per heavy atom. The van der Waals surface area contributed by atoms with Crippen molar-refractivity contribution in [2.75, 3.05) is 20.6 Å². The van der Waals surface area contributed by atoms with Gasteiger partial charge in [0.2, 0.25) is 0 Å². The summed E-state index contributed by atoms with van der Waals surface area (Å²) in [5, 5.41) is 3.56. The van der Waals surface area contributed by atoms with Crippen molar-refractivity contribution in [1.29, 1.82) is 0 Å². The molecule has 0 aromatic heterocycles. The molecule has 0 saturated carbocycles. The van der Waals surface area contributed by atoms with Crippen LogP contribution in [-0.4, -0.2) is 31.6 Å². The summed E-state index contributed by atoms with van der Waals surface area (Å²) in [6.07, 6.45) is 1.23. The van der Waals surface area contributed by atoms with Crippen LogP contribution in [0.5, 0.6) is 0 Å². The van der Waals surface area contributed by atoms with Gasteiger partial charge in [-0.3, -0.25) is 0 Å². The Morgan fingerprint density at radius 3 is 2.37 bits per heavy atom. The summed E-state index contributed by atoms with van der Waals surface area (Å²) in [6.45, 7) is 6.50. The minimum absolute atomic E-state index is 0.596. The summed E-state index contributed by atoms with van der Waals surface area (Å²) < 4.78 is 2.21. The number of rotatable bonds is 7. The van der Waals surface area contributed by atoms with Crippen LogP contribution in [0.3, 0.4) is 0 Å². The number of hydrogen-bond acceptors (Lipinski definition) is 2. The minimum atomic E-state index is 0.596. The molecule has 4 heteroatoms. The maximum atomic E-state index is 3.56. The van der Waals surface area contributed by atoms with E-state index in [-0.39, 0.29) is 0 Å². The molecule has 1 unspecified atom stereocenters. The normalized spacial score (nSPS) is 13.3. The Morgan fingerprint density at radius 2 is 1.84 bits per heavy atom. The molecule has 1 aromatic carbocycles. The first-order valence-electron chi connectivity index (χ1n) is 6.71. The van der Waals surface area contributed by atoms with Gasteiger partial charge in [-0.2, -0.15) is 0 Å². The van der Waals surface area contributed by atoms with E-state index in [0.717, 1.165) is 28.0 Å². The average Bonchev–Trinajstić information content (AvgIpc) is 2.31. The van der Waals surface area contributed by atoms with Crippen LogP contribution in [0, 0.1) is 5.92 Å². The van der Waals surface area contributed by atoms with Crippen LogP contribution in [0.25, 0.3) is 0 Å². The molecule has 0 heterocycles. The lowest BCUT2D eigenvalue weighted by Crippen LogP contribution is -2.38. The molecule has 19 heavy (non-hydrogen) atoms. The highest BCUT2D eigenvalue weighted by atomic mass is 79.9. The average molecular weight is 392 g/mol. The minimum Gasteiger partial charge on any atom is -0.311 e. The van der Waals surface area contributed by atoms with Crippen LogP contribution in [-0.2, 0) is 6.54 Å². The van der Waals surface area contributed by atoms with Gasteiger partial charge in [0.25, 0.3) is 0 Å². The van der Waals surface area contributed by atoms with Gasteiger partial charge in [-0.1, -0.05) is 19.9 Å². The molecule has 0 spiro atoms. The van der Waals surface area contributed by atoms with Crippen molar-refractivity contribution in [3.63, 3.8) is 0 Å². The number of hydrogen-bond donors (Lipinski definition) is 1. The third-order valence-electron chi connectivity index (χ3n) is 3.17. The molecule has 1 N–H and O–H groups in total. The number of benzene rings is 1. The third-order valence-corrected chi connectivity index (χ3v) is 5.05. The van der Waals surface area contributed by atoms with E-state index < -0.39 is 0 Å². The van der Waals surface area contributed by atoms with Gasteiger partial charge in [-0.25, -0.2) is 0 Å². The number of halogens is 2.